The maximum Gasteiger partial charge on any atom is 0.337 e. The number of benzene rings is 2. The second kappa shape index (κ2) is 7.11. The predicted octanol–water partition coefficient (Wildman–Crippen LogP) is 2.72. The molecule has 0 aliphatic carbocycles. The van der Waals surface area contributed by atoms with Crippen molar-refractivity contribution in [1.29, 1.82) is 0 Å². The molecular weight excluding hydrogens is 359 g/mol. The molecule has 6 nitrogen and oxygen atoms in total. The van der Waals surface area contributed by atoms with E-state index in [0.717, 1.165) is 4.57 Å². The fraction of sp³-hybridized carbons (Fsp3) is 0.0952. The molecule has 2 heterocycles. The number of nitrogens with zero attached hydrogens (tertiary/aromatic N) is 4. The van der Waals surface area contributed by atoms with E-state index in [0.29, 0.717) is 11.3 Å². The highest BCUT2D eigenvalue weighted by molar-refractivity contribution is 5.72. The van der Waals surface area contributed by atoms with Gasteiger partial charge in [0, 0.05) is 12.1 Å². The van der Waals surface area contributed by atoms with Crippen LogP contribution in [0.4, 0.5) is 4.39 Å². The first-order valence-electron chi connectivity index (χ1n) is 8.72. The minimum Gasteiger partial charge on any atom is -0.320 e. The van der Waals surface area contributed by atoms with Crippen LogP contribution in [0.1, 0.15) is 5.56 Å². The number of allylic oxidation sites excluding steroid dienone is 1. The van der Waals surface area contributed by atoms with Crippen LogP contribution in [-0.2, 0) is 13.1 Å². The lowest BCUT2D eigenvalue weighted by Crippen LogP contribution is -2.39. The highest BCUT2D eigenvalue weighted by Crippen LogP contribution is 2.15. The largest absolute Gasteiger partial charge is 0.337 e. The normalized spacial score (nSPS) is 11.0. The molecule has 0 spiro atoms. The van der Waals surface area contributed by atoms with Crippen molar-refractivity contribution in [3.63, 3.8) is 0 Å². The van der Waals surface area contributed by atoms with Gasteiger partial charge in [0.15, 0.2) is 11.2 Å². The Morgan fingerprint density at radius 1 is 1.04 bits per heavy atom. The van der Waals surface area contributed by atoms with Crippen LogP contribution < -0.4 is 11.2 Å². The molecule has 140 valence electrons. The molecule has 0 N–H and O–H groups in total. The smallest absolute Gasteiger partial charge is 0.320 e. The molecule has 0 bridgehead atoms. The van der Waals surface area contributed by atoms with E-state index in [4.69, 9.17) is 0 Å². The Morgan fingerprint density at radius 3 is 2.46 bits per heavy atom. The predicted molar refractivity (Wildman–Crippen MR) is 105 cm³/mol. The van der Waals surface area contributed by atoms with Gasteiger partial charge >= 0.3 is 5.69 Å². The van der Waals surface area contributed by atoms with Crippen LogP contribution in [0, 0.1) is 5.82 Å². The molecular formula is C21H17FN4O2. The Bertz CT molecular complexity index is 1290. The Labute approximate surface area is 159 Å². The van der Waals surface area contributed by atoms with Gasteiger partial charge in [0.25, 0.3) is 5.56 Å². The summed E-state index contributed by atoms with van der Waals surface area (Å²) >= 11 is 0. The van der Waals surface area contributed by atoms with Crippen molar-refractivity contribution in [2.45, 2.75) is 13.1 Å². The van der Waals surface area contributed by atoms with Crippen LogP contribution in [-0.4, -0.2) is 18.7 Å². The zero-order valence-corrected chi connectivity index (χ0v) is 15.0. The summed E-state index contributed by atoms with van der Waals surface area (Å²) in [5.74, 6) is -0.368. The Balaban J connectivity index is 2.02. The monoisotopic (exact) mass is 376 g/mol. The molecule has 0 saturated carbocycles. The van der Waals surface area contributed by atoms with E-state index in [1.165, 1.54) is 23.0 Å². The minimum atomic E-state index is -0.500. The summed E-state index contributed by atoms with van der Waals surface area (Å²) in [6, 6.07) is 15.3. The first-order valence-corrected chi connectivity index (χ1v) is 8.72. The van der Waals surface area contributed by atoms with E-state index in [1.54, 1.807) is 47.0 Å². The molecule has 0 radical (unpaired) electrons. The van der Waals surface area contributed by atoms with Crippen LogP contribution >= 0.6 is 0 Å². The fourth-order valence-electron chi connectivity index (χ4n) is 3.21. The molecule has 0 saturated heterocycles. The van der Waals surface area contributed by atoms with E-state index in [2.05, 4.69) is 11.6 Å². The van der Waals surface area contributed by atoms with Gasteiger partial charge in [-0.25, -0.2) is 18.7 Å². The SMILES string of the molecule is C=CCn1c(=O)c2c(ncn2Cc2ccccc2F)n(-c2ccccc2)c1=O. The van der Waals surface area contributed by atoms with E-state index in [-0.39, 0.29) is 30.1 Å². The van der Waals surface area contributed by atoms with Crippen LogP contribution in [0.3, 0.4) is 0 Å². The average Bonchev–Trinajstić information content (AvgIpc) is 3.11. The summed E-state index contributed by atoms with van der Waals surface area (Å²) in [6.07, 6.45) is 2.94. The van der Waals surface area contributed by atoms with Crippen molar-refractivity contribution in [2.24, 2.45) is 0 Å². The second-order valence-corrected chi connectivity index (χ2v) is 6.29. The fourth-order valence-corrected chi connectivity index (χ4v) is 3.21. The molecule has 0 amide bonds. The highest BCUT2D eigenvalue weighted by Gasteiger charge is 2.19. The van der Waals surface area contributed by atoms with E-state index >= 15 is 0 Å². The first kappa shape index (κ1) is 17.7. The molecule has 4 rings (SSSR count). The summed E-state index contributed by atoms with van der Waals surface area (Å²) in [5, 5.41) is 0. The quantitative estimate of drug-likeness (QED) is 0.503. The zero-order valence-electron chi connectivity index (χ0n) is 15.0. The third-order valence-corrected chi connectivity index (χ3v) is 4.52. The summed E-state index contributed by atoms with van der Waals surface area (Å²) < 4.78 is 18.2. The van der Waals surface area contributed by atoms with Crippen molar-refractivity contribution >= 4 is 11.2 Å². The van der Waals surface area contributed by atoms with E-state index < -0.39 is 11.2 Å². The number of hydrogen-bond donors (Lipinski definition) is 0. The average molecular weight is 376 g/mol. The standard InChI is InChI=1S/C21H17FN4O2/c1-2-12-25-20(27)18-19(26(21(25)28)16-9-4-3-5-10-16)23-14-24(18)13-15-8-6-7-11-17(15)22/h2-11,14H,1,12-13H2. The molecule has 7 heteroatoms. The van der Waals surface area contributed by atoms with Crippen LogP contribution in [0.15, 0.2) is 83.2 Å². The molecule has 0 atom stereocenters. The lowest BCUT2D eigenvalue weighted by atomic mass is 10.2. The van der Waals surface area contributed by atoms with E-state index in [9.17, 15) is 14.0 Å². The number of aromatic nitrogens is 4. The minimum absolute atomic E-state index is 0.0608. The number of para-hydroxylation sites is 1. The maximum absolute atomic E-state index is 14.1. The molecule has 0 unspecified atom stereocenters. The van der Waals surface area contributed by atoms with Gasteiger partial charge in [0.2, 0.25) is 0 Å². The highest BCUT2D eigenvalue weighted by atomic mass is 19.1. The molecule has 0 fully saturated rings. The second-order valence-electron chi connectivity index (χ2n) is 6.29. The number of hydrogen-bond acceptors (Lipinski definition) is 3. The van der Waals surface area contributed by atoms with Gasteiger partial charge in [-0.15, -0.1) is 6.58 Å². The molecule has 0 aliphatic heterocycles. The number of halogens is 1. The number of imidazole rings is 1. The van der Waals surface area contributed by atoms with Crippen LogP contribution in [0.25, 0.3) is 16.9 Å². The summed E-state index contributed by atoms with van der Waals surface area (Å²) in [6.45, 7) is 3.82. The third-order valence-electron chi connectivity index (χ3n) is 4.52. The van der Waals surface area contributed by atoms with Gasteiger partial charge in [0.05, 0.1) is 18.6 Å². The topological polar surface area (TPSA) is 61.8 Å². The Hall–Kier alpha value is -3.74. The van der Waals surface area contributed by atoms with Crippen molar-refractivity contribution in [2.75, 3.05) is 0 Å². The van der Waals surface area contributed by atoms with E-state index in [1.807, 2.05) is 6.07 Å². The lowest BCUT2D eigenvalue weighted by Gasteiger charge is -2.12. The van der Waals surface area contributed by atoms with Gasteiger partial charge in [-0.3, -0.25) is 9.36 Å². The molecule has 4 aromatic rings. The Kier molecular flexibility index (Phi) is 4.49. The summed E-state index contributed by atoms with van der Waals surface area (Å²) in [5.41, 5.74) is 0.493. The lowest BCUT2D eigenvalue weighted by molar-refractivity contribution is 0.600. The molecule has 28 heavy (non-hydrogen) atoms. The van der Waals surface area contributed by atoms with Crippen molar-refractivity contribution < 1.29 is 4.39 Å². The molecule has 2 aromatic carbocycles. The van der Waals surface area contributed by atoms with Gasteiger partial charge < -0.3 is 4.57 Å². The molecule has 2 aromatic heterocycles. The van der Waals surface area contributed by atoms with Crippen molar-refractivity contribution in [3.05, 3.63) is 106 Å². The number of fused-ring (bicyclic) bond motifs is 1. The van der Waals surface area contributed by atoms with Gasteiger partial charge in [0.1, 0.15) is 5.82 Å². The summed E-state index contributed by atoms with van der Waals surface area (Å²) in [7, 11) is 0. The van der Waals surface area contributed by atoms with Crippen LogP contribution in [0.2, 0.25) is 0 Å². The molecule has 0 aliphatic rings. The first-order chi connectivity index (χ1) is 13.6. The van der Waals surface area contributed by atoms with Gasteiger partial charge in [-0.1, -0.05) is 42.5 Å². The van der Waals surface area contributed by atoms with Gasteiger partial charge in [-0.05, 0) is 18.2 Å². The van der Waals surface area contributed by atoms with Crippen LogP contribution in [0.5, 0.6) is 0 Å². The third kappa shape index (κ3) is 2.87. The van der Waals surface area contributed by atoms with Gasteiger partial charge in [-0.2, -0.15) is 0 Å². The van der Waals surface area contributed by atoms with Crippen molar-refractivity contribution in [3.8, 4) is 5.69 Å². The zero-order chi connectivity index (χ0) is 19.7. The van der Waals surface area contributed by atoms with Crippen molar-refractivity contribution in [1.82, 2.24) is 18.7 Å². The Morgan fingerprint density at radius 2 is 1.75 bits per heavy atom. The maximum atomic E-state index is 14.1. The number of rotatable bonds is 5. The summed E-state index contributed by atoms with van der Waals surface area (Å²) in [4.78, 5) is 30.3.